The van der Waals surface area contributed by atoms with Crippen LogP contribution in [0.3, 0.4) is 0 Å². The van der Waals surface area contributed by atoms with E-state index in [0.717, 1.165) is 141 Å². The van der Waals surface area contributed by atoms with E-state index in [4.69, 9.17) is 14.2 Å². The number of aliphatic hydroxyl groups excluding tert-OH is 5. The van der Waals surface area contributed by atoms with E-state index in [1.54, 1.807) is 6.08 Å². The second kappa shape index (κ2) is 53.0. The molecule has 1 saturated heterocycles. The summed E-state index contributed by atoms with van der Waals surface area (Å²) in [6.45, 7) is 5.52. The number of hydrogen-bond donors (Lipinski definition) is 6. The molecule has 8 unspecified atom stereocenters. The zero-order valence-corrected chi connectivity index (χ0v) is 48.5. The number of aliphatic hydroxyl groups is 5. The van der Waals surface area contributed by atoms with Gasteiger partial charge in [-0.3, -0.25) is 9.59 Å². The number of rotatable bonds is 50. The standard InChI is InChI=1S/C66H111NO10/c1-4-7-10-13-16-19-22-25-27-28-29-30-31-32-33-34-35-38-41-44-47-50-53-59(70)65(74)67-57(58(69)52-49-46-43-40-37-24-21-18-15-12-9-6-3)56-75-66-64(63(73)62(72)60(55-68)76-66)77-61(71)54-51-48-45-42-39-36-26-23-20-17-14-11-8-5-2/h7-8,10-11,16-17,19-20,25-27,29-30,32-33,36,49,52,57-60,62-64,66,68-70,72-73H,4-6,9,12-15,18,21-24,28,31,34-35,37-48,50-51,53-56H2,1-3H3,(H,67,74)/b10-7-,11-8+,19-16-,20-17+,27-25-,30-29-,33-32-,36-26+,52-49+. The Hall–Kier alpha value is -3.68. The van der Waals surface area contributed by atoms with Gasteiger partial charge >= 0.3 is 5.97 Å². The number of amides is 1. The minimum absolute atomic E-state index is 0.0908. The summed E-state index contributed by atoms with van der Waals surface area (Å²) in [4.78, 5) is 26.5. The Morgan fingerprint density at radius 3 is 1.40 bits per heavy atom. The van der Waals surface area contributed by atoms with Gasteiger partial charge in [0.25, 0.3) is 0 Å². The van der Waals surface area contributed by atoms with E-state index in [1.807, 2.05) is 6.08 Å². The summed E-state index contributed by atoms with van der Waals surface area (Å²) in [7, 11) is 0. The molecule has 0 saturated carbocycles. The molecular weight excluding hydrogens is 967 g/mol. The third kappa shape index (κ3) is 41.1. The first-order chi connectivity index (χ1) is 37.7. The van der Waals surface area contributed by atoms with Gasteiger partial charge in [0.2, 0.25) is 5.91 Å². The molecule has 11 nitrogen and oxygen atoms in total. The molecule has 1 aliphatic heterocycles. The average molecular weight is 1080 g/mol. The topological polar surface area (TPSA) is 175 Å². The molecule has 8 atom stereocenters. The van der Waals surface area contributed by atoms with Crippen LogP contribution < -0.4 is 5.32 Å². The Labute approximate surface area is 468 Å². The van der Waals surface area contributed by atoms with Crippen molar-refractivity contribution in [3.05, 3.63) is 109 Å². The molecule has 1 heterocycles. The smallest absolute Gasteiger partial charge is 0.306 e. The molecular formula is C66H111NO10. The number of carbonyl (C=O) groups excluding carboxylic acids is 2. The second-order valence-corrected chi connectivity index (χ2v) is 20.7. The number of carbonyl (C=O) groups is 2. The highest BCUT2D eigenvalue weighted by atomic mass is 16.7. The molecule has 11 heteroatoms. The van der Waals surface area contributed by atoms with Gasteiger partial charge in [0.15, 0.2) is 12.4 Å². The van der Waals surface area contributed by atoms with Gasteiger partial charge in [0.1, 0.15) is 24.4 Å². The van der Waals surface area contributed by atoms with Crippen molar-refractivity contribution in [3.63, 3.8) is 0 Å². The summed E-state index contributed by atoms with van der Waals surface area (Å²) in [6.07, 6.45) is 61.2. The highest BCUT2D eigenvalue weighted by Crippen LogP contribution is 2.26. The van der Waals surface area contributed by atoms with E-state index in [2.05, 4.69) is 123 Å². The Kier molecular flexibility index (Phi) is 49.1. The predicted molar refractivity (Wildman–Crippen MR) is 319 cm³/mol. The molecule has 1 amide bonds. The second-order valence-electron chi connectivity index (χ2n) is 20.7. The van der Waals surface area contributed by atoms with E-state index < -0.39 is 67.4 Å². The average Bonchev–Trinajstić information content (AvgIpc) is 3.43. The van der Waals surface area contributed by atoms with Gasteiger partial charge in [0, 0.05) is 6.42 Å². The first-order valence-electron chi connectivity index (χ1n) is 30.7. The summed E-state index contributed by atoms with van der Waals surface area (Å²) in [5, 5.41) is 56.9. The quantitative estimate of drug-likeness (QED) is 0.0195. The normalized spacial score (nSPS) is 19.8. The zero-order chi connectivity index (χ0) is 56.1. The van der Waals surface area contributed by atoms with Crippen molar-refractivity contribution in [2.75, 3.05) is 13.2 Å². The maximum absolute atomic E-state index is 13.4. The van der Waals surface area contributed by atoms with Crippen LogP contribution >= 0.6 is 0 Å². The summed E-state index contributed by atoms with van der Waals surface area (Å²) in [6, 6.07) is -1.04. The van der Waals surface area contributed by atoms with E-state index in [0.29, 0.717) is 12.8 Å². The summed E-state index contributed by atoms with van der Waals surface area (Å²) in [5.41, 5.74) is 0. The molecule has 1 rings (SSSR count). The first-order valence-corrected chi connectivity index (χ1v) is 30.7. The highest BCUT2D eigenvalue weighted by molar-refractivity contribution is 5.80. The third-order valence-electron chi connectivity index (χ3n) is 13.7. The Morgan fingerprint density at radius 2 is 0.935 bits per heavy atom. The highest BCUT2D eigenvalue weighted by Gasteiger charge is 2.47. The van der Waals surface area contributed by atoms with Crippen molar-refractivity contribution >= 4 is 11.9 Å². The first kappa shape index (κ1) is 71.3. The number of esters is 1. The molecule has 0 spiro atoms. The van der Waals surface area contributed by atoms with Crippen LogP contribution in [0.4, 0.5) is 0 Å². The molecule has 0 aromatic carbocycles. The maximum atomic E-state index is 13.4. The fourth-order valence-electron chi connectivity index (χ4n) is 8.87. The number of allylic oxidation sites excluding steroid dienone is 17. The van der Waals surface area contributed by atoms with Crippen LogP contribution in [0, 0.1) is 0 Å². The van der Waals surface area contributed by atoms with Crippen LogP contribution in [-0.4, -0.2) is 99.6 Å². The van der Waals surface area contributed by atoms with Crippen molar-refractivity contribution in [3.8, 4) is 0 Å². The van der Waals surface area contributed by atoms with E-state index >= 15 is 0 Å². The summed E-state index contributed by atoms with van der Waals surface area (Å²) in [5.74, 6) is -1.24. The lowest BCUT2D eigenvalue weighted by Crippen LogP contribution is -2.61. The van der Waals surface area contributed by atoms with Gasteiger partial charge in [-0.05, 0) is 103 Å². The largest absolute Gasteiger partial charge is 0.454 e. The molecule has 0 bridgehead atoms. The Bertz CT molecular complexity index is 1660. The van der Waals surface area contributed by atoms with Gasteiger partial charge in [-0.1, -0.05) is 233 Å². The molecule has 0 aromatic heterocycles. The van der Waals surface area contributed by atoms with Crippen LogP contribution in [0.15, 0.2) is 109 Å². The lowest BCUT2D eigenvalue weighted by molar-refractivity contribution is -0.305. The van der Waals surface area contributed by atoms with Gasteiger partial charge < -0.3 is 45.1 Å². The summed E-state index contributed by atoms with van der Waals surface area (Å²) < 4.78 is 17.6. The molecule has 0 aromatic rings. The molecule has 0 aliphatic carbocycles. The van der Waals surface area contributed by atoms with Crippen LogP contribution in [-0.2, 0) is 23.8 Å². The Balaban J connectivity index is 2.70. The maximum Gasteiger partial charge on any atom is 0.306 e. The number of unbranched alkanes of at least 4 members (excludes halogenated alkanes) is 20. The fraction of sp³-hybridized carbons (Fsp3) is 0.697. The number of hydrogen-bond acceptors (Lipinski definition) is 10. The lowest BCUT2D eigenvalue weighted by Gasteiger charge is -2.41. The van der Waals surface area contributed by atoms with Crippen LogP contribution in [0.5, 0.6) is 0 Å². The number of ether oxygens (including phenoxy) is 3. The lowest BCUT2D eigenvalue weighted by atomic mass is 9.99. The van der Waals surface area contributed by atoms with Crippen molar-refractivity contribution in [1.29, 1.82) is 0 Å². The third-order valence-corrected chi connectivity index (χ3v) is 13.7. The van der Waals surface area contributed by atoms with Crippen molar-refractivity contribution in [2.24, 2.45) is 0 Å². The molecule has 1 fully saturated rings. The molecule has 6 N–H and O–H groups in total. The van der Waals surface area contributed by atoms with Gasteiger partial charge in [0.05, 0.1) is 25.4 Å². The van der Waals surface area contributed by atoms with E-state index in [9.17, 15) is 35.1 Å². The Morgan fingerprint density at radius 1 is 0.519 bits per heavy atom. The SMILES string of the molecule is CC/C=C\C/C=C\C/C=C\C/C=C\C/C=C\CCCCCCCCC(O)C(=O)NC(COC1OC(CO)C(O)C(O)C1OC(=O)CCCCCC/C=C/C/C=C/C/C=C/CC)C(O)/C=C/CCCCCCCCCCCC. The van der Waals surface area contributed by atoms with Gasteiger partial charge in [-0.15, -0.1) is 0 Å². The fourth-order valence-corrected chi connectivity index (χ4v) is 8.87. The van der Waals surface area contributed by atoms with Crippen molar-refractivity contribution in [1.82, 2.24) is 5.32 Å². The van der Waals surface area contributed by atoms with Crippen molar-refractivity contribution < 1.29 is 49.3 Å². The zero-order valence-electron chi connectivity index (χ0n) is 48.5. The molecule has 0 radical (unpaired) electrons. The minimum atomic E-state index is -1.63. The molecule has 1 aliphatic rings. The summed E-state index contributed by atoms with van der Waals surface area (Å²) >= 11 is 0. The van der Waals surface area contributed by atoms with E-state index in [1.165, 1.54) is 44.9 Å². The number of nitrogens with one attached hydrogen (secondary N) is 1. The predicted octanol–water partition coefficient (Wildman–Crippen LogP) is 14.5. The molecule has 440 valence electrons. The van der Waals surface area contributed by atoms with Crippen LogP contribution in [0.1, 0.15) is 233 Å². The van der Waals surface area contributed by atoms with Gasteiger partial charge in [-0.2, -0.15) is 0 Å². The van der Waals surface area contributed by atoms with Crippen LogP contribution in [0.2, 0.25) is 0 Å². The monoisotopic (exact) mass is 1080 g/mol. The van der Waals surface area contributed by atoms with Crippen molar-refractivity contribution in [2.45, 2.75) is 282 Å². The minimum Gasteiger partial charge on any atom is -0.454 e. The van der Waals surface area contributed by atoms with Gasteiger partial charge in [-0.25, -0.2) is 0 Å². The van der Waals surface area contributed by atoms with E-state index in [-0.39, 0.29) is 19.4 Å². The van der Waals surface area contributed by atoms with Crippen LogP contribution in [0.25, 0.3) is 0 Å². The molecule has 77 heavy (non-hydrogen) atoms.